The van der Waals surface area contributed by atoms with Gasteiger partial charge in [0.2, 0.25) is 11.8 Å². The Morgan fingerprint density at radius 2 is 1.96 bits per heavy atom. The van der Waals surface area contributed by atoms with Gasteiger partial charge in [-0.25, -0.2) is 14.4 Å². The first-order valence-corrected chi connectivity index (χ1v) is 15.4. The molecular formula is C32H37FN8O5. The molecule has 3 fully saturated rings. The number of rotatable bonds is 9. The van der Waals surface area contributed by atoms with E-state index in [1.807, 2.05) is 12.1 Å². The summed E-state index contributed by atoms with van der Waals surface area (Å²) in [5.74, 6) is 1.07. The van der Waals surface area contributed by atoms with Gasteiger partial charge >= 0.3 is 0 Å². The van der Waals surface area contributed by atoms with E-state index in [4.69, 9.17) is 14.2 Å². The molecule has 3 saturated heterocycles. The summed E-state index contributed by atoms with van der Waals surface area (Å²) in [4.78, 5) is 31.7. The molecule has 13 nitrogen and oxygen atoms in total. The highest BCUT2D eigenvalue weighted by molar-refractivity contribution is 5.80. The monoisotopic (exact) mass is 632 g/mol. The number of carbonyl (C=O) groups is 1. The number of methoxy groups -OCH3 is 1. The van der Waals surface area contributed by atoms with Gasteiger partial charge in [0, 0.05) is 50.9 Å². The molecule has 1 aromatic carbocycles. The molecule has 3 atom stereocenters. The summed E-state index contributed by atoms with van der Waals surface area (Å²) in [5, 5.41) is 22.5. The van der Waals surface area contributed by atoms with Gasteiger partial charge in [-0.05, 0) is 43.3 Å². The van der Waals surface area contributed by atoms with Crippen LogP contribution in [0.25, 0.3) is 11.3 Å². The van der Waals surface area contributed by atoms with Gasteiger partial charge in [-0.2, -0.15) is 10.2 Å². The number of hydrogen-bond donors (Lipinski definition) is 2. The number of hydrogen-bond acceptors (Lipinski definition) is 12. The number of amides is 1. The summed E-state index contributed by atoms with van der Waals surface area (Å²) in [6, 6.07) is 13.2. The highest BCUT2D eigenvalue weighted by atomic mass is 19.1. The molecule has 6 rings (SSSR count). The van der Waals surface area contributed by atoms with Crippen molar-refractivity contribution in [1.29, 1.82) is 5.26 Å². The van der Waals surface area contributed by atoms with Gasteiger partial charge in [0.05, 0.1) is 44.2 Å². The van der Waals surface area contributed by atoms with Crippen molar-refractivity contribution in [2.75, 3.05) is 69.8 Å². The SMILES string of the molecule is COc1nc(Nc2nccc(-c3ccc(OC4CCN(C(=O)[C@H](C)O)CC4F)c(C#N)c3)n2)ccc1N1CCN(C2COC2)CC1. The van der Waals surface area contributed by atoms with Crippen molar-refractivity contribution in [3.05, 3.63) is 48.2 Å². The quantitative estimate of drug-likeness (QED) is 0.357. The topological polar surface area (TPSA) is 149 Å². The van der Waals surface area contributed by atoms with Crippen molar-refractivity contribution in [2.24, 2.45) is 0 Å². The van der Waals surface area contributed by atoms with Crippen LogP contribution in [-0.2, 0) is 9.53 Å². The van der Waals surface area contributed by atoms with Crippen LogP contribution in [-0.4, -0.2) is 120 Å². The predicted molar refractivity (Wildman–Crippen MR) is 167 cm³/mol. The van der Waals surface area contributed by atoms with E-state index in [0.29, 0.717) is 34.9 Å². The van der Waals surface area contributed by atoms with Crippen LogP contribution < -0.4 is 19.7 Å². The van der Waals surface area contributed by atoms with E-state index < -0.39 is 24.3 Å². The molecule has 1 amide bonds. The minimum Gasteiger partial charge on any atom is -0.486 e. The molecule has 242 valence electrons. The first-order valence-electron chi connectivity index (χ1n) is 15.4. The zero-order valence-electron chi connectivity index (χ0n) is 25.8. The third-order valence-electron chi connectivity index (χ3n) is 8.55. The van der Waals surface area contributed by atoms with Crippen molar-refractivity contribution >= 4 is 23.4 Å². The maximum atomic E-state index is 14.9. The molecule has 3 aromatic rings. The number of likely N-dealkylation sites (tertiary alicyclic amines) is 1. The van der Waals surface area contributed by atoms with Crippen LogP contribution in [0.1, 0.15) is 18.9 Å². The number of nitrogens with one attached hydrogen (secondary N) is 1. The molecule has 2 aromatic heterocycles. The number of piperazine rings is 1. The van der Waals surface area contributed by atoms with E-state index in [1.165, 1.54) is 11.8 Å². The molecule has 5 heterocycles. The van der Waals surface area contributed by atoms with Gasteiger partial charge in [-0.3, -0.25) is 9.69 Å². The van der Waals surface area contributed by atoms with Crippen molar-refractivity contribution < 1.29 is 28.5 Å². The van der Waals surface area contributed by atoms with Crippen LogP contribution in [0.4, 0.5) is 21.8 Å². The summed E-state index contributed by atoms with van der Waals surface area (Å²) < 4.78 is 31.8. The summed E-state index contributed by atoms with van der Waals surface area (Å²) in [6.07, 6.45) is -1.63. The number of aromatic nitrogens is 3. The smallest absolute Gasteiger partial charge is 0.251 e. The number of ether oxygens (including phenoxy) is 3. The number of pyridine rings is 1. The van der Waals surface area contributed by atoms with Crippen molar-refractivity contribution in [2.45, 2.75) is 37.8 Å². The molecule has 3 aliphatic rings. The van der Waals surface area contributed by atoms with Crippen molar-refractivity contribution in [3.63, 3.8) is 0 Å². The molecule has 46 heavy (non-hydrogen) atoms. The lowest BCUT2D eigenvalue weighted by Gasteiger charge is -2.43. The van der Waals surface area contributed by atoms with Gasteiger partial charge < -0.3 is 34.4 Å². The second-order valence-corrected chi connectivity index (χ2v) is 11.6. The van der Waals surface area contributed by atoms with E-state index in [1.54, 1.807) is 37.6 Å². The van der Waals surface area contributed by atoms with E-state index in [-0.39, 0.29) is 30.8 Å². The summed E-state index contributed by atoms with van der Waals surface area (Å²) in [5.41, 5.74) is 2.37. The van der Waals surface area contributed by atoms with Gasteiger partial charge in [-0.1, -0.05) is 0 Å². The summed E-state index contributed by atoms with van der Waals surface area (Å²) in [6.45, 7) is 6.72. The van der Waals surface area contributed by atoms with Gasteiger partial charge in [0.25, 0.3) is 5.91 Å². The Labute approximate surface area is 266 Å². The first-order chi connectivity index (χ1) is 22.3. The van der Waals surface area contributed by atoms with Crippen molar-refractivity contribution in [3.8, 4) is 29.0 Å². The van der Waals surface area contributed by atoms with Gasteiger partial charge in [-0.15, -0.1) is 0 Å². The number of aliphatic hydroxyl groups is 1. The van der Waals surface area contributed by atoms with E-state index in [2.05, 4.69) is 36.1 Å². The van der Waals surface area contributed by atoms with Gasteiger partial charge in [0.15, 0.2) is 6.17 Å². The van der Waals surface area contributed by atoms with E-state index in [0.717, 1.165) is 45.1 Å². The van der Waals surface area contributed by atoms with Crippen LogP contribution in [0.3, 0.4) is 0 Å². The summed E-state index contributed by atoms with van der Waals surface area (Å²) >= 11 is 0. The Kier molecular flexibility index (Phi) is 9.43. The molecule has 0 spiro atoms. The fraction of sp³-hybridized carbons (Fsp3) is 0.469. The Bertz CT molecular complexity index is 1590. The van der Waals surface area contributed by atoms with Crippen LogP contribution in [0.15, 0.2) is 42.6 Å². The number of carbonyl (C=O) groups excluding carboxylic acids is 1. The largest absolute Gasteiger partial charge is 0.486 e. The number of halogens is 1. The Morgan fingerprint density at radius 1 is 1.15 bits per heavy atom. The van der Waals surface area contributed by atoms with Crippen molar-refractivity contribution in [1.82, 2.24) is 24.8 Å². The Hall–Kier alpha value is -4.58. The fourth-order valence-corrected chi connectivity index (χ4v) is 5.87. The number of nitrogens with zero attached hydrogens (tertiary/aromatic N) is 7. The average Bonchev–Trinajstić information content (AvgIpc) is 3.05. The minimum atomic E-state index is -1.46. The van der Waals surface area contributed by atoms with Crippen LogP contribution in [0.5, 0.6) is 11.6 Å². The predicted octanol–water partition coefficient (Wildman–Crippen LogP) is 2.38. The average molecular weight is 633 g/mol. The fourth-order valence-electron chi connectivity index (χ4n) is 5.87. The normalized spacial score (nSPS) is 21.2. The first kappa shape index (κ1) is 31.4. The van der Waals surface area contributed by atoms with E-state index in [9.17, 15) is 19.6 Å². The number of aliphatic hydroxyl groups excluding tert-OH is 1. The van der Waals surface area contributed by atoms with Gasteiger partial charge in [0.1, 0.15) is 35.5 Å². The number of piperidine rings is 1. The molecule has 0 aliphatic carbocycles. The minimum absolute atomic E-state index is 0.178. The molecule has 0 radical (unpaired) electrons. The molecule has 2 unspecified atom stereocenters. The molecular weight excluding hydrogens is 595 g/mol. The Morgan fingerprint density at radius 3 is 2.63 bits per heavy atom. The Balaban J connectivity index is 1.11. The zero-order chi connectivity index (χ0) is 32.2. The number of anilines is 3. The molecule has 2 N–H and O–H groups in total. The summed E-state index contributed by atoms with van der Waals surface area (Å²) in [7, 11) is 1.60. The second kappa shape index (κ2) is 13.8. The lowest BCUT2D eigenvalue weighted by Crippen LogP contribution is -2.56. The lowest BCUT2D eigenvalue weighted by atomic mass is 10.0. The van der Waals surface area contributed by atoms with Crippen LogP contribution in [0, 0.1) is 11.3 Å². The number of benzene rings is 1. The highest BCUT2D eigenvalue weighted by Crippen LogP contribution is 2.32. The highest BCUT2D eigenvalue weighted by Gasteiger charge is 2.34. The number of alkyl halides is 1. The third-order valence-corrected chi connectivity index (χ3v) is 8.55. The second-order valence-electron chi connectivity index (χ2n) is 11.6. The number of nitriles is 1. The maximum Gasteiger partial charge on any atom is 0.251 e. The van der Waals surface area contributed by atoms with E-state index >= 15 is 0 Å². The third kappa shape index (κ3) is 6.81. The lowest BCUT2D eigenvalue weighted by molar-refractivity contribution is -0.143. The molecule has 0 saturated carbocycles. The molecule has 0 bridgehead atoms. The molecule has 14 heteroatoms. The molecule has 3 aliphatic heterocycles. The van der Waals surface area contributed by atoms with Crippen LogP contribution in [0.2, 0.25) is 0 Å². The van der Waals surface area contributed by atoms with Crippen LogP contribution >= 0.6 is 0 Å². The standard InChI is InChI=1S/C32H37FN8O5/c1-20(42)31(43)41-10-8-28(24(33)17-41)46-27-5-3-21(15-22(27)16-34)25-7-9-35-32(36-25)38-29-6-4-26(30(37-29)44-2)40-13-11-39(12-14-40)23-18-45-19-23/h3-7,9,15,20,23-24,28,42H,8,10-14,17-19H2,1-2H3,(H,35,36,37,38)/t20-,24?,28?/m0/s1. The maximum absolute atomic E-state index is 14.9. The zero-order valence-corrected chi connectivity index (χ0v) is 25.8.